The number of aromatic carboxylic acids is 1. The number of carboxylic acids is 1. The van der Waals surface area contributed by atoms with E-state index >= 15 is 0 Å². The van der Waals surface area contributed by atoms with E-state index in [1.54, 1.807) is 12.3 Å². The van der Waals surface area contributed by atoms with Crippen LogP contribution >= 0.6 is 0 Å². The van der Waals surface area contributed by atoms with Crippen LogP contribution in [0.15, 0.2) is 42.6 Å². The molecule has 3 fully saturated rings. The van der Waals surface area contributed by atoms with Gasteiger partial charge in [-0.2, -0.15) is 0 Å². The van der Waals surface area contributed by atoms with Crippen LogP contribution in [-0.2, 0) is 11.3 Å². The van der Waals surface area contributed by atoms with E-state index in [1.807, 2.05) is 0 Å². The topological polar surface area (TPSA) is 65.6 Å². The number of aromatic amines is 1. The molecule has 3 heterocycles. The molecule has 2 aromatic carbocycles. The summed E-state index contributed by atoms with van der Waals surface area (Å²) >= 11 is 0. The number of rotatable bonds is 7. The minimum atomic E-state index is -1.15. The second-order valence-corrected chi connectivity index (χ2v) is 10.1. The predicted octanol–water partition coefficient (Wildman–Crippen LogP) is 6.39. The Hall–Kier alpha value is -3.26. The number of nitrogens with zero attached hydrogens (tertiary/aromatic N) is 1. The van der Waals surface area contributed by atoms with E-state index in [-0.39, 0.29) is 35.9 Å². The minimum absolute atomic E-state index is 0.0329. The van der Waals surface area contributed by atoms with Crippen LogP contribution in [0.4, 0.5) is 18.9 Å². The lowest BCUT2D eigenvalue weighted by Gasteiger charge is -2.40. The third-order valence-corrected chi connectivity index (χ3v) is 7.87. The number of carbonyl (C=O) groups is 1. The maximum Gasteiger partial charge on any atom is 0.335 e. The summed E-state index contributed by atoms with van der Waals surface area (Å²) < 4.78 is 50.3. The molecular weight excluding hydrogens is 469 g/mol. The fourth-order valence-electron chi connectivity index (χ4n) is 6.05. The van der Waals surface area contributed by atoms with E-state index in [2.05, 4.69) is 9.88 Å². The van der Waals surface area contributed by atoms with Crippen molar-refractivity contribution in [2.45, 2.75) is 69.2 Å². The Kier molecular flexibility index (Phi) is 5.79. The molecule has 2 atom stereocenters. The van der Waals surface area contributed by atoms with Gasteiger partial charge in [0, 0.05) is 35.1 Å². The standard InChI is InChI=1S/C28H27F3N2O3/c29-22-2-1-3-23(30)26(22)20-13-32-27(15-4-5-15)21(20)14-36-19-11-17-7-8-18(12-19)33(17)25-9-6-16(28(34)35)10-24(25)31/h1-3,6,9-10,13,15,17-19,32H,4-5,7-8,11-12,14H2,(H,34,35). The summed E-state index contributed by atoms with van der Waals surface area (Å²) in [4.78, 5) is 16.5. The predicted molar refractivity (Wildman–Crippen MR) is 129 cm³/mol. The SMILES string of the molecule is O=C(O)c1ccc(N2C3CCC2CC(OCc2c(-c4c(F)cccc4F)c[nH]c2C2CC2)C3)c(F)c1. The van der Waals surface area contributed by atoms with Crippen molar-refractivity contribution in [1.29, 1.82) is 0 Å². The molecule has 0 spiro atoms. The summed E-state index contributed by atoms with van der Waals surface area (Å²) in [5, 5.41) is 9.14. The molecule has 6 rings (SSSR count). The lowest BCUT2D eigenvalue weighted by Crippen LogP contribution is -2.46. The number of fused-ring (bicyclic) bond motifs is 2. The van der Waals surface area contributed by atoms with Gasteiger partial charge in [-0.3, -0.25) is 0 Å². The minimum Gasteiger partial charge on any atom is -0.478 e. The van der Waals surface area contributed by atoms with E-state index in [1.165, 1.54) is 24.3 Å². The van der Waals surface area contributed by atoms with Crippen LogP contribution in [0.3, 0.4) is 0 Å². The first kappa shape index (κ1) is 23.2. The van der Waals surface area contributed by atoms with Gasteiger partial charge in [0.1, 0.15) is 17.5 Å². The van der Waals surface area contributed by atoms with Crippen LogP contribution in [-0.4, -0.2) is 34.2 Å². The number of hydrogen-bond donors (Lipinski definition) is 2. The normalized spacial score (nSPS) is 23.3. The molecule has 5 nitrogen and oxygen atoms in total. The number of halogens is 3. The highest BCUT2D eigenvalue weighted by Gasteiger charge is 2.42. The highest BCUT2D eigenvalue weighted by atomic mass is 19.1. The Bertz CT molecular complexity index is 1290. The summed E-state index contributed by atoms with van der Waals surface area (Å²) in [6.45, 7) is 0.254. The van der Waals surface area contributed by atoms with Crippen molar-refractivity contribution >= 4 is 11.7 Å². The Morgan fingerprint density at radius 2 is 1.69 bits per heavy atom. The van der Waals surface area contributed by atoms with Gasteiger partial charge in [-0.05, 0) is 74.8 Å². The summed E-state index contributed by atoms with van der Waals surface area (Å²) in [6, 6.07) is 8.16. The highest BCUT2D eigenvalue weighted by Crippen LogP contribution is 2.45. The van der Waals surface area contributed by atoms with Crippen LogP contribution in [0.25, 0.3) is 11.1 Å². The largest absolute Gasteiger partial charge is 0.478 e. The van der Waals surface area contributed by atoms with E-state index < -0.39 is 23.4 Å². The van der Waals surface area contributed by atoms with Crippen LogP contribution in [0.5, 0.6) is 0 Å². The van der Waals surface area contributed by atoms with E-state index in [0.717, 1.165) is 43.0 Å². The number of anilines is 1. The fraction of sp³-hybridized carbons (Fsp3) is 0.393. The molecule has 3 aliphatic rings. The van der Waals surface area contributed by atoms with Gasteiger partial charge in [-0.25, -0.2) is 18.0 Å². The first-order chi connectivity index (χ1) is 17.4. The Morgan fingerprint density at radius 1 is 1.00 bits per heavy atom. The smallest absolute Gasteiger partial charge is 0.335 e. The number of H-pyrrole nitrogens is 1. The van der Waals surface area contributed by atoms with E-state index in [0.29, 0.717) is 30.0 Å². The van der Waals surface area contributed by atoms with E-state index in [4.69, 9.17) is 9.84 Å². The van der Waals surface area contributed by atoms with Gasteiger partial charge in [0.15, 0.2) is 0 Å². The summed E-state index contributed by atoms with van der Waals surface area (Å²) in [5.41, 5.74) is 2.65. The zero-order valence-corrected chi connectivity index (χ0v) is 19.6. The van der Waals surface area contributed by atoms with Crippen LogP contribution in [0.1, 0.15) is 66.1 Å². The monoisotopic (exact) mass is 496 g/mol. The zero-order chi connectivity index (χ0) is 25.0. The lowest BCUT2D eigenvalue weighted by molar-refractivity contribution is 0.0149. The number of benzene rings is 2. The lowest BCUT2D eigenvalue weighted by atomic mass is 9.97. The maximum atomic E-state index is 14.8. The van der Waals surface area contributed by atoms with Crippen molar-refractivity contribution < 1.29 is 27.8 Å². The molecule has 36 heavy (non-hydrogen) atoms. The van der Waals surface area contributed by atoms with Gasteiger partial charge in [-0.15, -0.1) is 0 Å². The van der Waals surface area contributed by atoms with Crippen molar-refractivity contribution in [3.05, 3.63) is 76.9 Å². The Morgan fingerprint density at radius 3 is 2.31 bits per heavy atom. The molecule has 0 amide bonds. The first-order valence-electron chi connectivity index (χ1n) is 12.5. The van der Waals surface area contributed by atoms with E-state index in [9.17, 15) is 18.0 Å². The zero-order valence-electron chi connectivity index (χ0n) is 19.6. The molecule has 1 aliphatic carbocycles. The summed E-state index contributed by atoms with van der Waals surface area (Å²) in [5.74, 6) is -2.51. The Balaban J connectivity index is 1.20. The summed E-state index contributed by atoms with van der Waals surface area (Å²) in [6.07, 6.45) is 6.96. The van der Waals surface area contributed by atoms with Crippen molar-refractivity contribution in [3.8, 4) is 11.1 Å². The second-order valence-electron chi connectivity index (χ2n) is 10.1. The fourth-order valence-corrected chi connectivity index (χ4v) is 6.05. The van der Waals surface area contributed by atoms with Crippen LogP contribution in [0, 0.1) is 17.5 Å². The molecule has 2 bridgehead atoms. The van der Waals surface area contributed by atoms with Crippen LogP contribution in [0.2, 0.25) is 0 Å². The number of ether oxygens (including phenoxy) is 1. The molecule has 1 saturated carbocycles. The molecule has 3 aromatic rings. The number of carboxylic acid groups (broad SMARTS) is 1. The average Bonchev–Trinajstić information content (AvgIpc) is 3.56. The Labute approximate surface area is 206 Å². The van der Waals surface area contributed by atoms with Gasteiger partial charge in [0.05, 0.1) is 29.5 Å². The summed E-state index contributed by atoms with van der Waals surface area (Å²) in [7, 11) is 0. The highest BCUT2D eigenvalue weighted by molar-refractivity contribution is 5.88. The molecule has 1 aromatic heterocycles. The number of nitrogens with one attached hydrogen (secondary N) is 1. The molecule has 8 heteroatoms. The number of hydrogen-bond acceptors (Lipinski definition) is 3. The average molecular weight is 497 g/mol. The third-order valence-electron chi connectivity index (χ3n) is 7.87. The molecule has 2 aliphatic heterocycles. The number of aromatic nitrogens is 1. The van der Waals surface area contributed by atoms with Crippen molar-refractivity contribution in [3.63, 3.8) is 0 Å². The molecule has 2 N–H and O–H groups in total. The molecule has 0 radical (unpaired) electrons. The molecular formula is C28H27F3N2O3. The van der Waals surface area contributed by atoms with Crippen molar-refractivity contribution in [1.82, 2.24) is 4.98 Å². The number of piperidine rings is 1. The van der Waals surface area contributed by atoms with Gasteiger partial charge in [-0.1, -0.05) is 6.07 Å². The second kappa shape index (κ2) is 9.00. The van der Waals surface area contributed by atoms with Gasteiger partial charge in [0.25, 0.3) is 0 Å². The maximum absolute atomic E-state index is 14.8. The van der Waals surface area contributed by atoms with Gasteiger partial charge < -0.3 is 19.7 Å². The van der Waals surface area contributed by atoms with Gasteiger partial charge >= 0.3 is 5.97 Å². The molecule has 2 saturated heterocycles. The van der Waals surface area contributed by atoms with Crippen LogP contribution < -0.4 is 4.90 Å². The molecule has 188 valence electrons. The van der Waals surface area contributed by atoms with Crippen molar-refractivity contribution in [2.75, 3.05) is 4.90 Å². The van der Waals surface area contributed by atoms with Gasteiger partial charge in [0.2, 0.25) is 0 Å². The van der Waals surface area contributed by atoms with Crippen molar-refractivity contribution in [2.24, 2.45) is 0 Å². The molecule has 2 unspecified atom stereocenters. The quantitative estimate of drug-likeness (QED) is 0.398. The third kappa shape index (κ3) is 4.07. The first-order valence-corrected chi connectivity index (χ1v) is 12.5.